The lowest BCUT2D eigenvalue weighted by molar-refractivity contribution is -0.384. The average molecular weight is 389 g/mol. The summed E-state index contributed by atoms with van der Waals surface area (Å²) in [5.74, 6) is 0.458. The summed E-state index contributed by atoms with van der Waals surface area (Å²) in [6.45, 7) is 8.68. The van der Waals surface area contributed by atoms with E-state index in [1.165, 1.54) is 31.4 Å². The van der Waals surface area contributed by atoms with E-state index in [0.29, 0.717) is 24.1 Å². The number of carbonyl (C=O) groups excluding carboxylic acids is 1. The molecule has 7 heteroatoms. The molecule has 1 N–H and O–H groups in total. The predicted octanol–water partition coefficient (Wildman–Crippen LogP) is 3.44. The largest absolute Gasteiger partial charge is 0.371 e. The maximum Gasteiger partial charge on any atom is 0.270 e. The molecule has 2 saturated heterocycles. The third-order valence-electron chi connectivity index (χ3n) is 6.19. The molecule has 1 atom stereocenters. The van der Waals surface area contributed by atoms with Gasteiger partial charge in [-0.25, -0.2) is 0 Å². The first-order valence-corrected chi connectivity index (χ1v) is 10.5. The van der Waals surface area contributed by atoms with Crippen LogP contribution in [0.1, 0.15) is 56.3 Å². The standard InChI is InChI=1S/C21H32N4O3/c1-16-8-12-24(13-9-16)20-7-6-18(25(27)28)15-19(20)21(26)22-10-14-23-11-4-3-5-17(23)2/h6-7,15-17H,3-5,8-14H2,1-2H3,(H,22,26). The Labute approximate surface area is 167 Å². The molecular formula is C21H32N4O3. The number of hydrogen-bond acceptors (Lipinski definition) is 5. The van der Waals surface area contributed by atoms with Gasteiger partial charge in [0, 0.05) is 44.4 Å². The third kappa shape index (κ3) is 5.01. The normalized spacial score (nSPS) is 21.5. The van der Waals surface area contributed by atoms with Gasteiger partial charge in [-0.3, -0.25) is 19.8 Å². The average Bonchev–Trinajstić information content (AvgIpc) is 2.69. The summed E-state index contributed by atoms with van der Waals surface area (Å²) in [6, 6.07) is 5.20. The van der Waals surface area contributed by atoms with Gasteiger partial charge in [0.25, 0.3) is 11.6 Å². The van der Waals surface area contributed by atoms with E-state index in [0.717, 1.165) is 44.7 Å². The molecule has 1 unspecified atom stereocenters. The monoisotopic (exact) mass is 388 g/mol. The molecule has 1 amide bonds. The van der Waals surface area contributed by atoms with Crippen LogP contribution in [0.4, 0.5) is 11.4 Å². The molecule has 1 aromatic rings. The van der Waals surface area contributed by atoms with Crippen LogP contribution in [0.5, 0.6) is 0 Å². The van der Waals surface area contributed by atoms with Crippen molar-refractivity contribution in [1.29, 1.82) is 0 Å². The molecule has 28 heavy (non-hydrogen) atoms. The van der Waals surface area contributed by atoms with Gasteiger partial charge in [-0.1, -0.05) is 13.3 Å². The summed E-state index contributed by atoms with van der Waals surface area (Å²) >= 11 is 0. The summed E-state index contributed by atoms with van der Waals surface area (Å²) in [6.07, 6.45) is 5.84. The highest BCUT2D eigenvalue weighted by Crippen LogP contribution is 2.29. The lowest BCUT2D eigenvalue weighted by atomic mass is 9.98. The highest BCUT2D eigenvalue weighted by atomic mass is 16.6. The first-order valence-electron chi connectivity index (χ1n) is 10.5. The molecular weight excluding hydrogens is 356 g/mol. The van der Waals surface area contributed by atoms with E-state index in [2.05, 4.69) is 29.0 Å². The van der Waals surface area contributed by atoms with Crippen LogP contribution >= 0.6 is 0 Å². The zero-order chi connectivity index (χ0) is 20.1. The molecule has 0 spiro atoms. The zero-order valence-corrected chi connectivity index (χ0v) is 17.0. The quantitative estimate of drug-likeness (QED) is 0.597. The minimum absolute atomic E-state index is 0.0380. The van der Waals surface area contributed by atoms with Crippen LogP contribution in [0.3, 0.4) is 0 Å². The van der Waals surface area contributed by atoms with E-state index in [-0.39, 0.29) is 11.6 Å². The lowest BCUT2D eigenvalue weighted by Gasteiger charge is -2.34. The van der Waals surface area contributed by atoms with Gasteiger partial charge in [0.15, 0.2) is 0 Å². The molecule has 0 aromatic heterocycles. The fraction of sp³-hybridized carbons (Fsp3) is 0.667. The number of nitro groups is 1. The minimum Gasteiger partial charge on any atom is -0.371 e. The SMILES string of the molecule is CC1CCN(c2ccc([N+](=O)[O-])cc2C(=O)NCCN2CCCCC2C)CC1. The number of amides is 1. The van der Waals surface area contributed by atoms with E-state index < -0.39 is 4.92 Å². The maximum atomic E-state index is 12.9. The number of anilines is 1. The topological polar surface area (TPSA) is 78.7 Å². The highest BCUT2D eigenvalue weighted by molar-refractivity contribution is 6.00. The van der Waals surface area contributed by atoms with Crippen LogP contribution in [0.2, 0.25) is 0 Å². The van der Waals surface area contributed by atoms with Gasteiger partial charge in [-0.2, -0.15) is 0 Å². The Morgan fingerprint density at radius 3 is 2.61 bits per heavy atom. The van der Waals surface area contributed by atoms with Gasteiger partial charge < -0.3 is 10.2 Å². The molecule has 2 heterocycles. The fourth-order valence-electron chi connectivity index (χ4n) is 4.24. The molecule has 154 valence electrons. The summed E-state index contributed by atoms with van der Waals surface area (Å²) in [4.78, 5) is 28.3. The number of benzene rings is 1. The Kier molecular flexibility index (Phi) is 6.88. The second-order valence-electron chi connectivity index (χ2n) is 8.26. The lowest BCUT2D eigenvalue weighted by Crippen LogP contribution is -2.42. The van der Waals surface area contributed by atoms with E-state index in [1.54, 1.807) is 6.07 Å². The van der Waals surface area contributed by atoms with Crippen LogP contribution in [-0.4, -0.2) is 54.5 Å². The van der Waals surface area contributed by atoms with Crippen molar-refractivity contribution in [2.45, 2.75) is 52.0 Å². The van der Waals surface area contributed by atoms with Crippen LogP contribution in [-0.2, 0) is 0 Å². The number of nitro benzene ring substituents is 1. The Morgan fingerprint density at radius 2 is 1.93 bits per heavy atom. The van der Waals surface area contributed by atoms with E-state index in [1.807, 2.05) is 0 Å². The maximum absolute atomic E-state index is 12.9. The molecule has 2 fully saturated rings. The van der Waals surface area contributed by atoms with Crippen molar-refractivity contribution < 1.29 is 9.72 Å². The van der Waals surface area contributed by atoms with Crippen molar-refractivity contribution in [3.63, 3.8) is 0 Å². The van der Waals surface area contributed by atoms with Crippen LogP contribution < -0.4 is 10.2 Å². The van der Waals surface area contributed by atoms with E-state index in [4.69, 9.17) is 0 Å². The van der Waals surface area contributed by atoms with Gasteiger partial charge in [-0.05, 0) is 51.1 Å². The molecule has 1 aromatic carbocycles. The first kappa shape index (κ1) is 20.6. The second kappa shape index (κ2) is 9.37. The number of carbonyl (C=O) groups is 1. The number of hydrogen-bond donors (Lipinski definition) is 1. The smallest absolute Gasteiger partial charge is 0.270 e. The molecule has 2 aliphatic heterocycles. The van der Waals surface area contributed by atoms with Crippen molar-refractivity contribution in [3.05, 3.63) is 33.9 Å². The number of rotatable bonds is 6. The molecule has 0 radical (unpaired) electrons. The van der Waals surface area contributed by atoms with Crippen molar-refractivity contribution in [2.75, 3.05) is 37.6 Å². The number of piperidine rings is 2. The Bertz CT molecular complexity index is 701. The van der Waals surface area contributed by atoms with E-state index in [9.17, 15) is 14.9 Å². The Balaban J connectivity index is 1.69. The second-order valence-corrected chi connectivity index (χ2v) is 8.26. The van der Waals surface area contributed by atoms with Gasteiger partial charge in [0.05, 0.1) is 16.2 Å². The first-order chi connectivity index (χ1) is 13.5. The number of likely N-dealkylation sites (tertiary alicyclic amines) is 1. The van der Waals surface area contributed by atoms with Gasteiger partial charge in [0.1, 0.15) is 0 Å². The molecule has 0 saturated carbocycles. The highest BCUT2D eigenvalue weighted by Gasteiger charge is 2.24. The van der Waals surface area contributed by atoms with Gasteiger partial charge in [0.2, 0.25) is 0 Å². The summed E-state index contributed by atoms with van der Waals surface area (Å²) in [5, 5.41) is 14.2. The summed E-state index contributed by atoms with van der Waals surface area (Å²) < 4.78 is 0. The molecule has 0 bridgehead atoms. The van der Waals surface area contributed by atoms with Crippen molar-refractivity contribution in [2.24, 2.45) is 5.92 Å². The van der Waals surface area contributed by atoms with Gasteiger partial charge in [-0.15, -0.1) is 0 Å². The predicted molar refractivity (Wildman–Crippen MR) is 111 cm³/mol. The van der Waals surface area contributed by atoms with Crippen molar-refractivity contribution in [1.82, 2.24) is 10.2 Å². The van der Waals surface area contributed by atoms with Crippen LogP contribution in [0.15, 0.2) is 18.2 Å². The van der Waals surface area contributed by atoms with E-state index >= 15 is 0 Å². The zero-order valence-electron chi connectivity index (χ0n) is 17.0. The fourth-order valence-corrected chi connectivity index (χ4v) is 4.24. The Hall–Kier alpha value is -2.15. The number of nitrogens with zero attached hydrogens (tertiary/aromatic N) is 3. The molecule has 0 aliphatic carbocycles. The molecule has 3 rings (SSSR count). The van der Waals surface area contributed by atoms with Crippen LogP contribution in [0.25, 0.3) is 0 Å². The number of nitrogens with one attached hydrogen (secondary N) is 1. The number of non-ortho nitro benzene ring substituents is 1. The van der Waals surface area contributed by atoms with Gasteiger partial charge >= 0.3 is 0 Å². The van der Waals surface area contributed by atoms with Crippen molar-refractivity contribution in [3.8, 4) is 0 Å². The Morgan fingerprint density at radius 1 is 1.18 bits per heavy atom. The molecule has 7 nitrogen and oxygen atoms in total. The third-order valence-corrected chi connectivity index (χ3v) is 6.19. The van der Waals surface area contributed by atoms with Crippen LogP contribution in [0, 0.1) is 16.0 Å². The minimum atomic E-state index is -0.436. The summed E-state index contributed by atoms with van der Waals surface area (Å²) in [7, 11) is 0. The van der Waals surface area contributed by atoms with Crippen molar-refractivity contribution >= 4 is 17.3 Å². The summed E-state index contributed by atoms with van der Waals surface area (Å²) in [5.41, 5.74) is 1.18. The molecule has 2 aliphatic rings.